The number of hydrazine groups is 1. The summed E-state index contributed by atoms with van der Waals surface area (Å²) in [5.41, 5.74) is 6.25. The summed E-state index contributed by atoms with van der Waals surface area (Å²) in [6.45, 7) is 1.96. The molecule has 0 radical (unpaired) electrons. The summed E-state index contributed by atoms with van der Waals surface area (Å²) >= 11 is 5.98. The Balaban J connectivity index is 1.68. The molecule has 0 spiro atoms. The minimum absolute atomic E-state index is 0.269. The number of rotatable bonds is 4. The standard InChI is InChI=1S/C24H20ClN3O2/c1-16-7-11-19(12-8-16)23(29)26-21-22(18-5-3-2-4-6-18)28(27-24(21)30)15-17-9-13-20(25)14-10-17/h2-15,21-22H,1H3,(H-,26,27,29,30)/p+1/b28-15-/t21-,22+/m0/s1. The van der Waals surface area contributed by atoms with Crippen LogP contribution in [0.2, 0.25) is 5.02 Å². The van der Waals surface area contributed by atoms with Gasteiger partial charge in [-0.05, 0) is 43.3 Å². The smallest absolute Gasteiger partial charge is 0.304 e. The average Bonchev–Trinajstić information content (AvgIpc) is 3.05. The van der Waals surface area contributed by atoms with Crippen molar-refractivity contribution in [3.05, 3.63) is 106 Å². The van der Waals surface area contributed by atoms with Gasteiger partial charge >= 0.3 is 5.91 Å². The Morgan fingerprint density at radius 3 is 2.33 bits per heavy atom. The fourth-order valence-electron chi connectivity index (χ4n) is 3.47. The van der Waals surface area contributed by atoms with Crippen LogP contribution >= 0.6 is 11.6 Å². The Bertz CT molecular complexity index is 1090. The molecule has 2 atom stereocenters. The van der Waals surface area contributed by atoms with Gasteiger partial charge in [-0.15, -0.1) is 10.1 Å². The topological polar surface area (TPSA) is 61.2 Å². The zero-order valence-electron chi connectivity index (χ0n) is 16.4. The Kier molecular flexibility index (Phi) is 5.63. The second-order valence-corrected chi connectivity index (χ2v) is 7.67. The number of aryl methyl sites for hydroxylation is 1. The Hall–Kier alpha value is -3.44. The molecule has 1 heterocycles. The minimum Gasteiger partial charge on any atom is -0.334 e. The van der Waals surface area contributed by atoms with E-state index in [-0.39, 0.29) is 11.8 Å². The predicted molar refractivity (Wildman–Crippen MR) is 117 cm³/mol. The third kappa shape index (κ3) is 4.26. The molecule has 3 aromatic rings. The lowest BCUT2D eigenvalue weighted by Crippen LogP contribution is -2.42. The van der Waals surface area contributed by atoms with E-state index in [1.54, 1.807) is 28.9 Å². The van der Waals surface area contributed by atoms with Gasteiger partial charge in [0, 0.05) is 21.7 Å². The van der Waals surface area contributed by atoms with E-state index in [4.69, 9.17) is 11.6 Å². The number of amides is 2. The van der Waals surface area contributed by atoms with Crippen LogP contribution < -0.4 is 10.7 Å². The zero-order chi connectivity index (χ0) is 21.1. The van der Waals surface area contributed by atoms with Crippen molar-refractivity contribution in [2.75, 3.05) is 0 Å². The molecule has 0 saturated carbocycles. The highest BCUT2D eigenvalue weighted by atomic mass is 35.5. The molecular weight excluding hydrogens is 398 g/mol. The van der Waals surface area contributed by atoms with Gasteiger partial charge in [0.1, 0.15) is 0 Å². The monoisotopic (exact) mass is 418 g/mol. The van der Waals surface area contributed by atoms with Crippen molar-refractivity contribution < 1.29 is 14.3 Å². The van der Waals surface area contributed by atoms with Crippen LogP contribution in [0.5, 0.6) is 0 Å². The maximum absolute atomic E-state index is 12.8. The van der Waals surface area contributed by atoms with E-state index < -0.39 is 12.1 Å². The van der Waals surface area contributed by atoms with E-state index >= 15 is 0 Å². The van der Waals surface area contributed by atoms with E-state index in [9.17, 15) is 9.59 Å². The number of nitrogens with zero attached hydrogens (tertiary/aromatic N) is 1. The molecule has 1 aliphatic heterocycles. The Morgan fingerprint density at radius 1 is 1.00 bits per heavy atom. The second-order valence-electron chi connectivity index (χ2n) is 7.24. The second kappa shape index (κ2) is 8.51. The molecular formula is C24H21ClN3O2+. The molecule has 1 aliphatic rings. The summed E-state index contributed by atoms with van der Waals surface area (Å²) in [5, 5.41) is 3.54. The van der Waals surface area contributed by atoms with Crippen molar-refractivity contribution >= 4 is 29.6 Å². The third-order valence-electron chi connectivity index (χ3n) is 5.04. The quantitative estimate of drug-likeness (QED) is 0.635. The minimum atomic E-state index is -0.746. The van der Waals surface area contributed by atoms with Gasteiger partial charge in [0.15, 0.2) is 6.04 Å². The highest BCUT2D eigenvalue weighted by Gasteiger charge is 2.47. The fraction of sp³-hybridized carbons (Fsp3) is 0.125. The number of hydrazone groups is 1. The molecule has 4 rings (SSSR count). The lowest BCUT2D eigenvalue weighted by molar-refractivity contribution is -0.596. The first-order valence-electron chi connectivity index (χ1n) is 9.63. The number of hydrogen-bond acceptors (Lipinski definition) is 2. The lowest BCUT2D eigenvalue weighted by Gasteiger charge is -2.14. The zero-order valence-corrected chi connectivity index (χ0v) is 17.1. The highest BCUT2D eigenvalue weighted by molar-refractivity contribution is 6.30. The number of hydrogen-bond donors (Lipinski definition) is 2. The van der Waals surface area contributed by atoms with E-state index in [1.165, 1.54) is 0 Å². The van der Waals surface area contributed by atoms with Crippen LogP contribution in [-0.4, -0.2) is 28.8 Å². The van der Waals surface area contributed by atoms with Crippen molar-refractivity contribution in [1.29, 1.82) is 0 Å². The highest BCUT2D eigenvalue weighted by Crippen LogP contribution is 2.25. The van der Waals surface area contributed by atoms with Crippen molar-refractivity contribution in [3.63, 3.8) is 0 Å². The summed E-state index contributed by atoms with van der Waals surface area (Å²) in [4.78, 5) is 25.6. The van der Waals surface area contributed by atoms with Crippen LogP contribution in [0.15, 0.2) is 78.9 Å². The number of halogens is 1. The van der Waals surface area contributed by atoms with E-state index in [0.29, 0.717) is 10.6 Å². The summed E-state index contributed by atoms with van der Waals surface area (Å²) in [6.07, 6.45) is 1.84. The molecule has 1 saturated heterocycles. The molecule has 0 unspecified atom stereocenters. The number of nitrogens with one attached hydrogen (secondary N) is 2. The van der Waals surface area contributed by atoms with Gasteiger partial charge in [0.25, 0.3) is 5.91 Å². The van der Waals surface area contributed by atoms with Crippen LogP contribution in [0.4, 0.5) is 0 Å². The van der Waals surface area contributed by atoms with Crippen LogP contribution in [0.1, 0.15) is 33.1 Å². The summed E-state index contributed by atoms with van der Waals surface area (Å²) in [5.74, 6) is -0.557. The van der Waals surface area contributed by atoms with Crippen molar-refractivity contribution in [2.24, 2.45) is 0 Å². The molecule has 30 heavy (non-hydrogen) atoms. The van der Waals surface area contributed by atoms with Gasteiger partial charge < -0.3 is 5.32 Å². The van der Waals surface area contributed by atoms with Crippen LogP contribution in [0.25, 0.3) is 0 Å². The van der Waals surface area contributed by atoms with Gasteiger partial charge in [-0.2, -0.15) is 0 Å². The first kappa shape index (κ1) is 19.9. The predicted octanol–water partition coefficient (Wildman–Crippen LogP) is 3.66. The fourth-order valence-corrected chi connectivity index (χ4v) is 3.60. The van der Waals surface area contributed by atoms with Crippen LogP contribution in [0, 0.1) is 6.92 Å². The third-order valence-corrected chi connectivity index (χ3v) is 5.29. The molecule has 0 bridgehead atoms. The summed E-state index contributed by atoms with van der Waals surface area (Å²) in [6, 6.07) is 23.1. The molecule has 6 heteroatoms. The van der Waals surface area contributed by atoms with Gasteiger partial charge in [0.2, 0.25) is 12.3 Å². The molecule has 0 aromatic heterocycles. The first-order valence-corrected chi connectivity index (χ1v) is 10.0. The first-order chi connectivity index (χ1) is 14.5. The number of benzene rings is 3. The van der Waals surface area contributed by atoms with Crippen molar-refractivity contribution in [1.82, 2.24) is 10.7 Å². The van der Waals surface area contributed by atoms with Gasteiger partial charge in [0.05, 0.1) is 0 Å². The SMILES string of the molecule is Cc1ccc(C(=O)N[C@@H]2C(=O)N/[N+](=C\c3ccc(Cl)cc3)[C@@H]2c2ccccc2)cc1. The van der Waals surface area contributed by atoms with E-state index in [0.717, 1.165) is 16.7 Å². The number of carbonyl (C=O) groups excluding carboxylic acids is 2. The summed E-state index contributed by atoms with van der Waals surface area (Å²) < 4.78 is 1.74. The van der Waals surface area contributed by atoms with Gasteiger partial charge in [-0.3, -0.25) is 9.59 Å². The lowest BCUT2D eigenvalue weighted by atomic mass is 9.99. The van der Waals surface area contributed by atoms with E-state index in [1.807, 2.05) is 67.7 Å². The molecule has 0 aliphatic carbocycles. The molecule has 5 nitrogen and oxygen atoms in total. The van der Waals surface area contributed by atoms with Crippen LogP contribution in [0.3, 0.4) is 0 Å². The molecule has 150 valence electrons. The number of carbonyl (C=O) groups is 2. The molecule has 2 N–H and O–H groups in total. The van der Waals surface area contributed by atoms with E-state index in [2.05, 4.69) is 10.7 Å². The van der Waals surface area contributed by atoms with Crippen LogP contribution in [-0.2, 0) is 4.79 Å². The largest absolute Gasteiger partial charge is 0.334 e. The Labute approximate surface area is 180 Å². The van der Waals surface area contributed by atoms with Crippen molar-refractivity contribution in [2.45, 2.75) is 19.0 Å². The van der Waals surface area contributed by atoms with Crippen molar-refractivity contribution in [3.8, 4) is 0 Å². The van der Waals surface area contributed by atoms with Gasteiger partial charge in [-0.1, -0.05) is 59.6 Å². The summed E-state index contributed by atoms with van der Waals surface area (Å²) in [7, 11) is 0. The maximum atomic E-state index is 12.8. The Morgan fingerprint density at radius 2 is 1.67 bits per heavy atom. The normalized spacial score (nSPS) is 19.5. The molecule has 2 amide bonds. The molecule has 1 fully saturated rings. The average molecular weight is 419 g/mol. The molecule has 3 aromatic carbocycles. The maximum Gasteiger partial charge on any atom is 0.304 e. The van der Waals surface area contributed by atoms with Gasteiger partial charge in [-0.25, -0.2) is 0 Å².